The molecule has 0 radical (unpaired) electrons. The summed E-state index contributed by atoms with van der Waals surface area (Å²) in [5.74, 6) is 3.30. The lowest BCUT2D eigenvalue weighted by Gasteiger charge is -2.37. The summed E-state index contributed by atoms with van der Waals surface area (Å²) in [6.07, 6.45) is 4.19. The molecule has 3 rings (SSSR count). The van der Waals surface area contributed by atoms with E-state index in [-0.39, 0.29) is 0 Å². The Bertz CT molecular complexity index is 550. The van der Waals surface area contributed by atoms with Crippen molar-refractivity contribution in [3.8, 4) is 11.1 Å². The molecule has 3 aliphatic rings. The first-order valence-corrected chi connectivity index (χ1v) is 8.64. The topological polar surface area (TPSA) is 0 Å². The number of hydrogen-bond acceptors (Lipinski definition) is 0. The largest absolute Gasteiger partial charge is 0.169 e. The second-order valence-corrected chi connectivity index (χ2v) is 7.75. The highest BCUT2D eigenvalue weighted by Crippen LogP contribution is 2.46. The Morgan fingerprint density at radius 3 is 2.48 bits per heavy atom. The summed E-state index contributed by atoms with van der Waals surface area (Å²) in [4.78, 5) is 0. The van der Waals surface area contributed by atoms with Gasteiger partial charge in [0.05, 0.1) is 0 Å². The van der Waals surface area contributed by atoms with Crippen LogP contribution in [0.1, 0.15) is 62.6 Å². The average Bonchev–Trinajstić information content (AvgIpc) is 2.89. The highest BCUT2D eigenvalue weighted by Gasteiger charge is 2.32. The van der Waals surface area contributed by atoms with Crippen molar-refractivity contribution >= 4 is 0 Å². The molecule has 0 bridgehead atoms. The van der Waals surface area contributed by atoms with Gasteiger partial charge >= 0.3 is 0 Å². The van der Waals surface area contributed by atoms with E-state index in [1.165, 1.54) is 41.5 Å². The fourth-order valence-corrected chi connectivity index (χ4v) is 4.41. The molecule has 1 fully saturated rings. The zero-order chi connectivity index (χ0) is 15.1. The molecule has 21 heavy (non-hydrogen) atoms. The van der Waals surface area contributed by atoms with Crippen LogP contribution < -0.4 is 0 Å². The van der Waals surface area contributed by atoms with E-state index in [0.29, 0.717) is 0 Å². The normalized spacial score (nSPS) is 26.7. The first-order chi connectivity index (χ1) is 9.97. The second-order valence-electron chi connectivity index (χ2n) is 7.75. The molecule has 0 spiro atoms. The van der Waals surface area contributed by atoms with Gasteiger partial charge in [-0.15, -0.1) is 17.2 Å². The van der Waals surface area contributed by atoms with Crippen LogP contribution in [0.25, 0.3) is 11.1 Å². The predicted octanol–water partition coefficient (Wildman–Crippen LogP) is 6.30. The molecule has 0 heteroatoms. The summed E-state index contributed by atoms with van der Waals surface area (Å²) in [7, 11) is 0. The SMILES string of the molecule is Cc1c[cH-]c(C)c2cc([C@@H]3C[C@@H](C)CC[C@@H]3C(C)C)cc1-2. The van der Waals surface area contributed by atoms with Crippen LogP contribution in [0.3, 0.4) is 0 Å². The van der Waals surface area contributed by atoms with Gasteiger partial charge in [0.2, 0.25) is 0 Å². The number of fused-ring (bicyclic) bond motifs is 1. The standard InChI is InChI=1S/C21H29/c1-13(2)18-9-6-14(3)10-21(18)17-11-19-15(4)7-8-16(5)20(19)12-17/h7-8,11-14,18,21H,6,9-10H2,1-5H3/q-1/t14-,18+,21-/m0/s1. The summed E-state index contributed by atoms with van der Waals surface area (Å²) in [5, 5.41) is 0. The highest BCUT2D eigenvalue weighted by atomic mass is 14.4. The third kappa shape index (κ3) is 2.65. The van der Waals surface area contributed by atoms with E-state index in [4.69, 9.17) is 0 Å². The molecule has 0 N–H and O–H groups in total. The van der Waals surface area contributed by atoms with Crippen molar-refractivity contribution in [2.24, 2.45) is 17.8 Å². The number of benzene rings is 1. The molecule has 1 saturated carbocycles. The number of rotatable bonds is 2. The van der Waals surface area contributed by atoms with E-state index in [9.17, 15) is 0 Å². The average molecular weight is 281 g/mol. The van der Waals surface area contributed by atoms with Crippen LogP contribution in [0.2, 0.25) is 0 Å². The molecule has 0 aliphatic heterocycles. The van der Waals surface area contributed by atoms with Crippen molar-refractivity contribution in [3.63, 3.8) is 0 Å². The second kappa shape index (κ2) is 5.55. The van der Waals surface area contributed by atoms with Crippen molar-refractivity contribution in [1.82, 2.24) is 0 Å². The Hall–Kier alpha value is -1.17. The molecule has 0 unspecified atom stereocenters. The predicted molar refractivity (Wildman–Crippen MR) is 92.2 cm³/mol. The zero-order valence-corrected chi connectivity index (χ0v) is 14.2. The Kier molecular flexibility index (Phi) is 3.90. The van der Waals surface area contributed by atoms with E-state index < -0.39 is 0 Å². The first kappa shape index (κ1) is 14.8. The van der Waals surface area contributed by atoms with Crippen LogP contribution in [-0.2, 0) is 0 Å². The minimum Gasteiger partial charge on any atom is -0.169 e. The zero-order valence-electron chi connectivity index (χ0n) is 14.2. The molecule has 0 aromatic rings. The molecule has 0 amide bonds. The van der Waals surface area contributed by atoms with Gasteiger partial charge in [0.15, 0.2) is 0 Å². The van der Waals surface area contributed by atoms with E-state index >= 15 is 0 Å². The van der Waals surface area contributed by atoms with Gasteiger partial charge in [-0.2, -0.15) is 23.3 Å². The minimum absolute atomic E-state index is 0.764. The molecule has 114 valence electrons. The van der Waals surface area contributed by atoms with Gasteiger partial charge in [0.25, 0.3) is 0 Å². The maximum atomic E-state index is 2.50. The van der Waals surface area contributed by atoms with E-state index in [2.05, 4.69) is 58.9 Å². The Morgan fingerprint density at radius 2 is 1.81 bits per heavy atom. The van der Waals surface area contributed by atoms with Crippen molar-refractivity contribution in [2.75, 3.05) is 0 Å². The lowest BCUT2D eigenvalue weighted by molar-refractivity contribution is 0.197. The van der Waals surface area contributed by atoms with Gasteiger partial charge in [-0.3, -0.25) is 0 Å². The molecule has 0 aromatic heterocycles. The molecule has 0 aromatic carbocycles. The summed E-state index contributed by atoms with van der Waals surface area (Å²) < 4.78 is 0. The summed E-state index contributed by atoms with van der Waals surface area (Å²) in [6, 6.07) is 9.53. The molecule has 3 atom stereocenters. The maximum absolute atomic E-state index is 2.50. The van der Waals surface area contributed by atoms with Gasteiger partial charge in [0, 0.05) is 0 Å². The maximum Gasteiger partial charge on any atom is -0.0139 e. The number of aryl methyl sites for hydroxylation is 2. The molecule has 0 nitrogen and oxygen atoms in total. The van der Waals surface area contributed by atoms with Crippen LogP contribution in [0, 0.1) is 31.6 Å². The molecule has 0 saturated heterocycles. The summed E-state index contributed by atoms with van der Waals surface area (Å²) >= 11 is 0. The van der Waals surface area contributed by atoms with Crippen molar-refractivity contribution < 1.29 is 0 Å². The van der Waals surface area contributed by atoms with Gasteiger partial charge in [-0.05, 0) is 36.5 Å². The van der Waals surface area contributed by atoms with Gasteiger partial charge < -0.3 is 0 Å². The van der Waals surface area contributed by atoms with Crippen LogP contribution in [0.5, 0.6) is 0 Å². The fraction of sp³-hybridized carbons (Fsp3) is 0.571. The lowest BCUT2D eigenvalue weighted by atomic mass is 9.68. The third-order valence-electron chi connectivity index (χ3n) is 5.80. The van der Waals surface area contributed by atoms with Crippen molar-refractivity contribution in [2.45, 2.75) is 59.8 Å². The van der Waals surface area contributed by atoms with Crippen LogP contribution in [0.15, 0.2) is 24.3 Å². The first-order valence-electron chi connectivity index (χ1n) is 8.64. The summed E-state index contributed by atoms with van der Waals surface area (Å²) in [6.45, 7) is 11.7. The molecular formula is C21H29-. The van der Waals surface area contributed by atoms with E-state index in [0.717, 1.165) is 23.7 Å². The third-order valence-corrected chi connectivity index (χ3v) is 5.80. The molecule has 3 aliphatic carbocycles. The summed E-state index contributed by atoms with van der Waals surface area (Å²) in [5.41, 5.74) is 7.41. The minimum atomic E-state index is 0.764. The highest BCUT2D eigenvalue weighted by molar-refractivity contribution is 5.75. The molecule has 0 heterocycles. The van der Waals surface area contributed by atoms with Crippen molar-refractivity contribution in [3.05, 3.63) is 41.0 Å². The van der Waals surface area contributed by atoms with Gasteiger partial charge in [-0.1, -0.05) is 52.7 Å². The molecular weight excluding hydrogens is 252 g/mol. The Labute approximate surface area is 130 Å². The van der Waals surface area contributed by atoms with Crippen molar-refractivity contribution in [1.29, 1.82) is 0 Å². The van der Waals surface area contributed by atoms with Gasteiger partial charge in [-0.25, -0.2) is 0 Å². The van der Waals surface area contributed by atoms with Crippen LogP contribution >= 0.6 is 0 Å². The van der Waals surface area contributed by atoms with Crippen LogP contribution in [0.4, 0.5) is 0 Å². The Morgan fingerprint density at radius 1 is 1.10 bits per heavy atom. The van der Waals surface area contributed by atoms with Gasteiger partial charge in [0.1, 0.15) is 0 Å². The smallest absolute Gasteiger partial charge is 0.0139 e. The Balaban J connectivity index is 2.03. The monoisotopic (exact) mass is 281 g/mol. The quantitative estimate of drug-likeness (QED) is 0.566. The lowest BCUT2D eigenvalue weighted by Crippen LogP contribution is -2.25. The number of hydrogen-bond donors (Lipinski definition) is 0. The van der Waals surface area contributed by atoms with E-state index in [1.807, 2.05) is 0 Å². The fourth-order valence-electron chi connectivity index (χ4n) is 4.41. The van der Waals surface area contributed by atoms with E-state index in [1.54, 1.807) is 5.56 Å². The van der Waals surface area contributed by atoms with Crippen LogP contribution in [-0.4, -0.2) is 0 Å².